The van der Waals surface area contributed by atoms with E-state index in [2.05, 4.69) is 30.6 Å². The Kier molecular flexibility index (Phi) is 2.80. The second-order valence-electron chi connectivity index (χ2n) is 1.90. The number of nitrogens with zero attached hydrogens (tertiary/aromatic N) is 1. The maximum absolute atomic E-state index is 10.4. The largest absolute Gasteiger partial charge is 0.348 e. The molecule has 0 radical (unpaired) electrons. The van der Waals surface area contributed by atoms with Gasteiger partial charge in [0, 0.05) is 6.08 Å². The Morgan fingerprint density at radius 2 is 2.45 bits per heavy atom. The first-order valence-corrected chi connectivity index (χ1v) is 4.15. The van der Waals surface area contributed by atoms with Gasteiger partial charge >= 0.3 is 0 Å². The van der Waals surface area contributed by atoms with Crippen molar-refractivity contribution >= 4 is 48.9 Å². The highest BCUT2D eigenvalue weighted by Crippen LogP contribution is 2.15. The van der Waals surface area contributed by atoms with E-state index in [-0.39, 0.29) is 0 Å². The fraction of sp³-hybridized carbons (Fsp3) is 0.200. The molecule has 1 unspecified atom stereocenters. The van der Waals surface area contributed by atoms with Gasteiger partial charge in [-0.25, -0.2) is 0 Å². The minimum Gasteiger partial charge on any atom is -0.348 e. The molecule has 1 atom stereocenters. The van der Waals surface area contributed by atoms with Crippen molar-refractivity contribution in [1.29, 1.82) is 0 Å². The molecule has 0 aromatic carbocycles. The molecule has 0 saturated carbocycles. The van der Waals surface area contributed by atoms with Crippen molar-refractivity contribution in [2.75, 3.05) is 0 Å². The minimum absolute atomic E-state index is 0.405. The fourth-order valence-corrected chi connectivity index (χ4v) is 1.77. The lowest BCUT2D eigenvalue weighted by molar-refractivity contribution is -0.116. The monoisotopic (exact) mass is 206 g/mol. The van der Waals surface area contributed by atoms with Crippen LogP contribution in [-0.4, -0.2) is 21.8 Å². The molecule has 1 aliphatic rings. The molecule has 0 saturated heterocycles. The van der Waals surface area contributed by atoms with E-state index in [0.29, 0.717) is 16.4 Å². The summed E-state index contributed by atoms with van der Waals surface area (Å²) in [5, 5.41) is 3.28. The van der Waals surface area contributed by atoms with Gasteiger partial charge in [-0.15, -0.1) is 25.3 Å². The van der Waals surface area contributed by atoms with Gasteiger partial charge in [-0.1, -0.05) is 12.2 Å². The number of rotatable bonds is 1. The van der Waals surface area contributed by atoms with Crippen LogP contribution in [0.25, 0.3) is 0 Å². The SMILES string of the molecule is O=CN1C(S)=CC(=S)NC1S. The van der Waals surface area contributed by atoms with Gasteiger partial charge in [-0.2, -0.15) is 0 Å². The van der Waals surface area contributed by atoms with E-state index in [9.17, 15) is 4.79 Å². The number of hydrogen-bond acceptors (Lipinski definition) is 4. The van der Waals surface area contributed by atoms with E-state index >= 15 is 0 Å². The first-order valence-electron chi connectivity index (χ1n) is 2.78. The molecular formula is C5H6N2OS3. The van der Waals surface area contributed by atoms with Gasteiger partial charge in [0.25, 0.3) is 0 Å². The topological polar surface area (TPSA) is 32.3 Å². The van der Waals surface area contributed by atoms with E-state index in [1.54, 1.807) is 6.08 Å². The van der Waals surface area contributed by atoms with E-state index in [1.807, 2.05) is 0 Å². The van der Waals surface area contributed by atoms with Crippen molar-refractivity contribution in [3.63, 3.8) is 0 Å². The summed E-state index contributed by atoms with van der Waals surface area (Å²) in [7, 11) is 0. The Morgan fingerprint density at radius 3 is 2.91 bits per heavy atom. The Balaban J connectivity index is 2.88. The highest BCUT2D eigenvalue weighted by atomic mass is 32.1. The molecule has 1 N–H and O–H groups in total. The third-order valence-corrected chi connectivity index (χ3v) is 2.15. The van der Waals surface area contributed by atoms with Gasteiger partial charge in [-0.3, -0.25) is 9.69 Å². The van der Waals surface area contributed by atoms with E-state index in [0.717, 1.165) is 0 Å². The highest BCUT2D eigenvalue weighted by molar-refractivity contribution is 7.85. The van der Waals surface area contributed by atoms with Crippen LogP contribution in [-0.2, 0) is 4.79 Å². The van der Waals surface area contributed by atoms with Crippen LogP contribution in [0.5, 0.6) is 0 Å². The van der Waals surface area contributed by atoms with E-state index in [1.165, 1.54) is 4.90 Å². The van der Waals surface area contributed by atoms with Crippen molar-refractivity contribution in [2.24, 2.45) is 0 Å². The zero-order chi connectivity index (χ0) is 8.43. The van der Waals surface area contributed by atoms with Gasteiger partial charge < -0.3 is 5.32 Å². The molecule has 11 heavy (non-hydrogen) atoms. The molecule has 0 aromatic heterocycles. The van der Waals surface area contributed by atoms with Gasteiger partial charge in [-0.05, 0) is 0 Å². The third kappa shape index (κ3) is 1.88. The molecular weight excluding hydrogens is 200 g/mol. The number of carbonyl (C=O) groups excluding carboxylic acids is 1. The Labute approximate surface area is 80.6 Å². The van der Waals surface area contributed by atoms with Crippen LogP contribution in [0, 0.1) is 0 Å². The lowest BCUT2D eigenvalue weighted by Crippen LogP contribution is -2.45. The van der Waals surface area contributed by atoms with Gasteiger partial charge in [0.2, 0.25) is 6.41 Å². The fourth-order valence-electron chi connectivity index (χ4n) is 0.667. The first kappa shape index (κ1) is 8.89. The molecule has 1 rings (SSSR count). The van der Waals surface area contributed by atoms with Crippen LogP contribution in [0.1, 0.15) is 0 Å². The summed E-state index contributed by atoms with van der Waals surface area (Å²) in [6.07, 6.45) is 2.23. The normalized spacial score (nSPS) is 24.2. The van der Waals surface area contributed by atoms with Gasteiger partial charge in [0.05, 0.1) is 5.03 Å². The summed E-state index contributed by atoms with van der Waals surface area (Å²) in [4.78, 5) is 12.2. The average molecular weight is 206 g/mol. The number of thiol groups is 2. The smallest absolute Gasteiger partial charge is 0.216 e. The summed E-state index contributed by atoms with van der Waals surface area (Å²) in [6, 6.07) is 0. The maximum Gasteiger partial charge on any atom is 0.216 e. The lowest BCUT2D eigenvalue weighted by Gasteiger charge is -2.29. The molecule has 0 fully saturated rings. The number of hydrogen-bond donors (Lipinski definition) is 3. The first-order chi connectivity index (χ1) is 5.15. The Hall–Kier alpha value is -0.200. The quantitative estimate of drug-likeness (QED) is 0.329. The van der Waals surface area contributed by atoms with Crippen LogP contribution in [0.2, 0.25) is 0 Å². The van der Waals surface area contributed by atoms with E-state index in [4.69, 9.17) is 12.2 Å². The van der Waals surface area contributed by atoms with Crippen molar-refractivity contribution in [1.82, 2.24) is 10.2 Å². The molecule has 1 aliphatic heterocycles. The second kappa shape index (κ2) is 3.46. The summed E-state index contributed by atoms with van der Waals surface area (Å²) < 4.78 is 0. The summed E-state index contributed by atoms with van der Waals surface area (Å²) in [5.41, 5.74) is -0.405. The number of thiocarbonyl (C=S) groups is 1. The molecule has 1 heterocycles. The second-order valence-corrected chi connectivity index (χ2v) is 3.28. The summed E-state index contributed by atoms with van der Waals surface area (Å²) in [6.45, 7) is 0. The summed E-state index contributed by atoms with van der Waals surface area (Å²) >= 11 is 12.9. The van der Waals surface area contributed by atoms with Crippen LogP contribution in [0.4, 0.5) is 0 Å². The average Bonchev–Trinajstić information content (AvgIpc) is 1.85. The number of carbonyl (C=O) groups is 1. The Bertz CT molecular complexity index is 228. The standard InChI is InChI=1S/C5H6N2OS3/c8-2-7-4(10)1-3(9)6-5(7)11/h1-2,5,10-11H,(H,6,9). The molecule has 1 amide bonds. The van der Waals surface area contributed by atoms with Gasteiger partial charge in [0.1, 0.15) is 4.99 Å². The molecule has 3 nitrogen and oxygen atoms in total. The van der Waals surface area contributed by atoms with Gasteiger partial charge in [0.15, 0.2) is 5.50 Å². The maximum atomic E-state index is 10.4. The molecule has 0 aliphatic carbocycles. The predicted octanol–water partition coefficient (Wildman–Crippen LogP) is 0.360. The predicted molar refractivity (Wildman–Crippen MR) is 53.5 cm³/mol. The zero-order valence-electron chi connectivity index (χ0n) is 5.39. The minimum atomic E-state index is -0.405. The van der Waals surface area contributed by atoms with Crippen molar-refractivity contribution in [3.8, 4) is 0 Å². The molecule has 60 valence electrons. The van der Waals surface area contributed by atoms with Crippen LogP contribution < -0.4 is 5.32 Å². The molecule has 0 bridgehead atoms. The van der Waals surface area contributed by atoms with E-state index < -0.39 is 5.50 Å². The molecule has 0 aromatic rings. The van der Waals surface area contributed by atoms with Crippen LogP contribution in [0.3, 0.4) is 0 Å². The zero-order valence-corrected chi connectivity index (χ0v) is 8.00. The van der Waals surface area contributed by atoms with Crippen molar-refractivity contribution in [2.45, 2.75) is 5.50 Å². The van der Waals surface area contributed by atoms with Crippen LogP contribution >= 0.6 is 37.5 Å². The van der Waals surface area contributed by atoms with Crippen molar-refractivity contribution < 1.29 is 4.79 Å². The van der Waals surface area contributed by atoms with Crippen LogP contribution in [0.15, 0.2) is 11.1 Å². The Morgan fingerprint density at radius 1 is 1.82 bits per heavy atom. The molecule has 6 heteroatoms. The summed E-state index contributed by atoms with van der Waals surface area (Å²) in [5.74, 6) is 0. The number of nitrogens with one attached hydrogen (secondary N) is 1. The number of amides is 1. The lowest BCUT2D eigenvalue weighted by atomic mass is 10.5. The molecule has 0 spiro atoms. The third-order valence-electron chi connectivity index (χ3n) is 1.17. The highest BCUT2D eigenvalue weighted by Gasteiger charge is 2.19. The van der Waals surface area contributed by atoms with Crippen molar-refractivity contribution in [3.05, 3.63) is 11.1 Å².